The topological polar surface area (TPSA) is 35.5 Å². The molecule has 3 nitrogen and oxygen atoms in total. The van der Waals surface area contributed by atoms with Gasteiger partial charge in [-0.25, -0.2) is 0 Å². The van der Waals surface area contributed by atoms with Crippen LogP contribution in [0.25, 0.3) is 0 Å². The molecule has 2 rings (SSSR count). The molecular formula is C12H18Br2O3. The lowest BCUT2D eigenvalue weighted by Gasteiger charge is -2.30. The van der Waals surface area contributed by atoms with Crippen molar-refractivity contribution >= 4 is 38.1 Å². The number of carbonyl (C=O) groups excluding carboxylic acids is 1. The van der Waals surface area contributed by atoms with Gasteiger partial charge >= 0.3 is 0 Å². The number of rotatable bonds is 4. The van der Waals surface area contributed by atoms with E-state index in [1.165, 1.54) is 0 Å². The molecular weight excluding hydrogens is 352 g/mol. The number of hydrogen-bond donors (Lipinski definition) is 0. The van der Waals surface area contributed by atoms with Crippen LogP contribution in [0.2, 0.25) is 0 Å². The first-order valence-corrected chi connectivity index (χ1v) is 8.01. The average molecular weight is 370 g/mol. The van der Waals surface area contributed by atoms with Gasteiger partial charge in [0.25, 0.3) is 0 Å². The Kier molecular flexibility index (Phi) is 5.04. The monoisotopic (exact) mass is 368 g/mol. The quantitative estimate of drug-likeness (QED) is 0.564. The maximum Gasteiger partial charge on any atom is 0.122 e. The first-order valence-electron chi connectivity index (χ1n) is 6.18. The van der Waals surface area contributed by atoms with E-state index in [0.29, 0.717) is 16.1 Å². The van der Waals surface area contributed by atoms with E-state index in [1.54, 1.807) is 0 Å². The van der Waals surface area contributed by atoms with Crippen LogP contribution < -0.4 is 0 Å². The third kappa shape index (κ3) is 3.11. The fourth-order valence-corrected chi connectivity index (χ4v) is 3.63. The third-order valence-electron chi connectivity index (χ3n) is 3.56. The Morgan fingerprint density at radius 1 is 1.35 bits per heavy atom. The lowest BCUT2D eigenvalue weighted by Crippen LogP contribution is -2.37. The SMILES string of the molecule is CC[C@H](Br)[C@H]1C[C@H](Br)[C@@H]2C[C@H](O1)[C@H](CC=O)O2. The Labute approximate surface area is 119 Å². The minimum absolute atomic E-state index is 0.0584. The Hall–Kier alpha value is 0.550. The number of ether oxygens (including phenoxy) is 2. The van der Waals surface area contributed by atoms with E-state index in [4.69, 9.17) is 9.47 Å². The standard InChI is InChI=1S/C12H18Br2O3/c1-2-7(13)10-5-8(14)11-6-12(17-10)9(16-11)3-4-15/h4,7-12H,2-3,5-6H2,1H3/t7-,8-,9-,10+,11-,12-/m0/s1. The fraction of sp³-hybridized carbons (Fsp3) is 0.917. The molecule has 2 aliphatic rings. The summed E-state index contributed by atoms with van der Waals surface area (Å²) in [6.45, 7) is 2.15. The predicted octanol–water partition coefficient (Wildman–Crippen LogP) is 2.83. The highest BCUT2D eigenvalue weighted by Gasteiger charge is 2.44. The number of carbonyl (C=O) groups is 1. The van der Waals surface area contributed by atoms with Gasteiger partial charge in [0, 0.05) is 22.5 Å². The van der Waals surface area contributed by atoms with Crippen molar-refractivity contribution in [2.24, 2.45) is 0 Å². The number of alkyl halides is 2. The number of fused-ring (bicyclic) bond motifs is 2. The van der Waals surface area contributed by atoms with Crippen molar-refractivity contribution in [2.75, 3.05) is 0 Å². The largest absolute Gasteiger partial charge is 0.371 e. The van der Waals surface area contributed by atoms with Crippen LogP contribution in [0.5, 0.6) is 0 Å². The summed E-state index contributed by atoms with van der Waals surface area (Å²) in [5.74, 6) is 0. The van der Waals surface area contributed by atoms with Crippen LogP contribution in [-0.2, 0) is 14.3 Å². The lowest BCUT2D eigenvalue weighted by molar-refractivity contribution is -0.115. The first kappa shape index (κ1) is 14.0. The molecule has 0 radical (unpaired) electrons. The molecule has 0 aliphatic carbocycles. The summed E-state index contributed by atoms with van der Waals surface area (Å²) in [6.07, 6.45) is 4.67. The number of halogens is 2. The van der Waals surface area contributed by atoms with E-state index in [-0.39, 0.29) is 24.4 Å². The van der Waals surface area contributed by atoms with E-state index in [0.717, 1.165) is 25.5 Å². The summed E-state index contributed by atoms with van der Waals surface area (Å²) >= 11 is 7.37. The van der Waals surface area contributed by atoms with Gasteiger partial charge in [0.2, 0.25) is 0 Å². The molecule has 0 saturated carbocycles. The van der Waals surface area contributed by atoms with Crippen molar-refractivity contribution < 1.29 is 14.3 Å². The summed E-state index contributed by atoms with van der Waals surface area (Å²) in [6, 6.07) is 0. The van der Waals surface area contributed by atoms with Gasteiger partial charge in [0.15, 0.2) is 0 Å². The molecule has 98 valence electrons. The molecule has 2 heterocycles. The number of aldehydes is 1. The second kappa shape index (κ2) is 6.13. The third-order valence-corrected chi connectivity index (χ3v) is 5.76. The Bertz CT molecular complexity index is 274. The van der Waals surface area contributed by atoms with Crippen molar-refractivity contribution in [3.05, 3.63) is 0 Å². The molecule has 6 atom stereocenters. The van der Waals surface area contributed by atoms with Crippen LogP contribution in [-0.4, -0.2) is 40.4 Å². The minimum atomic E-state index is -0.0584. The Morgan fingerprint density at radius 3 is 2.76 bits per heavy atom. The van der Waals surface area contributed by atoms with Gasteiger partial charge in [-0.3, -0.25) is 0 Å². The van der Waals surface area contributed by atoms with Crippen molar-refractivity contribution in [1.82, 2.24) is 0 Å². The highest BCUT2D eigenvalue weighted by atomic mass is 79.9. The predicted molar refractivity (Wildman–Crippen MR) is 73.0 cm³/mol. The van der Waals surface area contributed by atoms with E-state index < -0.39 is 0 Å². The molecule has 0 spiro atoms. The molecule has 0 amide bonds. The van der Waals surface area contributed by atoms with Gasteiger partial charge in [0.1, 0.15) is 6.29 Å². The van der Waals surface area contributed by atoms with E-state index in [2.05, 4.69) is 38.8 Å². The van der Waals surface area contributed by atoms with Crippen molar-refractivity contribution in [2.45, 2.75) is 66.7 Å². The van der Waals surface area contributed by atoms with Crippen molar-refractivity contribution in [3.63, 3.8) is 0 Å². The Morgan fingerprint density at radius 2 is 2.12 bits per heavy atom. The highest BCUT2D eigenvalue weighted by molar-refractivity contribution is 9.09. The van der Waals surface area contributed by atoms with Crippen molar-refractivity contribution in [3.8, 4) is 0 Å². The minimum Gasteiger partial charge on any atom is -0.371 e. The van der Waals surface area contributed by atoms with Gasteiger partial charge < -0.3 is 14.3 Å². The summed E-state index contributed by atoms with van der Waals surface area (Å²) < 4.78 is 12.0. The summed E-state index contributed by atoms with van der Waals surface area (Å²) in [4.78, 5) is 11.3. The van der Waals surface area contributed by atoms with Crippen LogP contribution in [0.3, 0.4) is 0 Å². The van der Waals surface area contributed by atoms with Crippen LogP contribution in [0, 0.1) is 0 Å². The molecule has 0 aromatic carbocycles. The van der Waals surface area contributed by atoms with Crippen molar-refractivity contribution in [1.29, 1.82) is 0 Å². The molecule has 0 aromatic rings. The second-order valence-corrected chi connectivity index (χ2v) is 7.09. The molecule has 2 bridgehead atoms. The second-order valence-electron chi connectivity index (χ2n) is 4.74. The maximum atomic E-state index is 10.6. The zero-order valence-electron chi connectivity index (χ0n) is 9.85. The molecule has 0 unspecified atom stereocenters. The zero-order valence-corrected chi connectivity index (χ0v) is 13.0. The summed E-state index contributed by atoms with van der Waals surface area (Å²) in [7, 11) is 0. The molecule has 2 fully saturated rings. The van der Waals surface area contributed by atoms with Crippen LogP contribution >= 0.6 is 31.9 Å². The van der Waals surface area contributed by atoms with Gasteiger partial charge in [-0.05, 0) is 12.8 Å². The molecule has 2 saturated heterocycles. The first-order chi connectivity index (χ1) is 8.15. The molecule has 0 aromatic heterocycles. The maximum absolute atomic E-state index is 10.6. The normalized spacial score (nSPS) is 43.1. The molecule has 2 aliphatic heterocycles. The van der Waals surface area contributed by atoms with Crippen LogP contribution in [0.1, 0.15) is 32.6 Å². The molecule has 0 N–H and O–H groups in total. The summed E-state index contributed by atoms with van der Waals surface area (Å²) in [5, 5.41) is 0. The average Bonchev–Trinajstić information content (AvgIpc) is 2.62. The van der Waals surface area contributed by atoms with Gasteiger partial charge in [-0.15, -0.1) is 0 Å². The van der Waals surface area contributed by atoms with E-state index in [1.807, 2.05) is 0 Å². The Balaban J connectivity index is 2.06. The van der Waals surface area contributed by atoms with Gasteiger partial charge in [-0.1, -0.05) is 38.8 Å². The highest BCUT2D eigenvalue weighted by Crippen LogP contribution is 2.38. The van der Waals surface area contributed by atoms with E-state index in [9.17, 15) is 4.79 Å². The van der Waals surface area contributed by atoms with Crippen LogP contribution in [0.15, 0.2) is 0 Å². The summed E-state index contributed by atoms with van der Waals surface area (Å²) in [5.41, 5.74) is 0. The van der Waals surface area contributed by atoms with Crippen LogP contribution in [0.4, 0.5) is 0 Å². The van der Waals surface area contributed by atoms with Gasteiger partial charge in [0.05, 0.1) is 24.4 Å². The number of hydrogen-bond acceptors (Lipinski definition) is 3. The lowest BCUT2D eigenvalue weighted by atomic mass is 10.1. The molecule has 17 heavy (non-hydrogen) atoms. The zero-order chi connectivity index (χ0) is 12.4. The smallest absolute Gasteiger partial charge is 0.122 e. The van der Waals surface area contributed by atoms with E-state index >= 15 is 0 Å². The molecule has 5 heteroatoms. The fourth-order valence-electron chi connectivity index (χ4n) is 2.58. The van der Waals surface area contributed by atoms with Gasteiger partial charge in [-0.2, -0.15) is 0 Å².